The van der Waals surface area contributed by atoms with Gasteiger partial charge in [0.2, 0.25) is 0 Å². The molecule has 1 saturated carbocycles. The van der Waals surface area contributed by atoms with Gasteiger partial charge in [0.1, 0.15) is 5.75 Å². The molecule has 3 rings (SSSR count). The maximum atomic E-state index is 12.4. The summed E-state index contributed by atoms with van der Waals surface area (Å²) in [4.78, 5) is 12.4. The van der Waals surface area contributed by atoms with Gasteiger partial charge in [-0.3, -0.25) is 4.79 Å². The Kier molecular flexibility index (Phi) is 3.98. The topological polar surface area (TPSA) is 26.3 Å². The minimum atomic E-state index is -0.442. The molecule has 0 spiro atoms. The highest BCUT2D eigenvalue weighted by molar-refractivity contribution is 6.30. The van der Waals surface area contributed by atoms with Gasteiger partial charge in [0.05, 0.1) is 0 Å². The molecule has 0 aromatic heterocycles. The van der Waals surface area contributed by atoms with Gasteiger partial charge in [0, 0.05) is 10.9 Å². The molecule has 108 valence electrons. The molecule has 2 aromatic rings. The fraction of sp³-hybridized carbons (Fsp3) is 0.278. The SMILES string of the molecule is CC(Oc1cccc(Cl)c1)C(=O)C1CC1c1ccccc1. The van der Waals surface area contributed by atoms with Crippen molar-refractivity contribution in [3.05, 3.63) is 65.2 Å². The first-order valence-electron chi connectivity index (χ1n) is 7.16. The summed E-state index contributed by atoms with van der Waals surface area (Å²) in [6.07, 6.45) is 0.480. The molecule has 3 unspecified atom stereocenters. The average molecular weight is 301 g/mol. The summed E-state index contributed by atoms with van der Waals surface area (Å²) in [6, 6.07) is 17.3. The third-order valence-corrected chi connectivity index (χ3v) is 4.13. The molecular formula is C18H17ClO2. The lowest BCUT2D eigenvalue weighted by Gasteiger charge is -2.14. The van der Waals surface area contributed by atoms with Crippen LogP contribution in [0.3, 0.4) is 0 Å². The molecular weight excluding hydrogens is 284 g/mol. The van der Waals surface area contributed by atoms with Crippen molar-refractivity contribution in [3.8, 4) is 5.75 Å². The first-order chi connectivity index (χ1) is 10.1. The van der Waals surface area contributed by atoms with Gasteiger partial charge in [-0.1, -0.05) is 48.0 Å². The fourth-order valence-corrected chi connectivity index (χ4v) is 2.86. The first kappa shape index (κ1) is 14.2. The van der Waals surface area contributed by atoms with E-state index in [1.165, 1.54) is 5.56 Å². The van der Waals surface area contributed by atoms with Gasteiger partial charge < -0.3 is 4.74 Å². The normalized spacial score (nSPS) is 21.6. The molecule has 1 fully saturated rings. The van der Waals surface area contributed by atoms with Crippen LogP contribution in [-0.4, -0.2) is 11.9 Å². The number of rotatable bonds is 5. The number of Topliss-reactive ketones (excluding diaryl/α,β-unsaturated/α-hetero) is 1. The average Bonchev–Trinajstić information content (AvgIpc) is 3.28. The lowest BCUT2D eigenvalue weighted by molar-refractivity contribution is -0.126. The van der Waals surface area contributed by atoms with Gasteiger partial charge >= 0.3 is 0 Å². The van der Waals surface area contributed by atoms with Crippen LogP contribution in [0.25, 0.3) is 0 Å². The van der Waals surface area contributed by atoms with E-state index < -0.39 is 6.10 Å². The van der Waals surface area contributed by atoms with E-state index in [-0.39, 0.29) is 11.7 Å². The number of ketones is 1. The van der Waals surface area contributed by atoms with Gasteiger partial charge in [0.25, 0.3) is 0 Å². The number of hydrogen-bond donors (Lipinski definition) is 0. The largest absolute Gasteiger partial charge is 0.483 e. The van der Waals surface area contributed by atoms with Crippen LogP contribution in [0.15, 0.2) is 54.6 Å². The van der Waals surface area contributed by atoms with Crippen LogP contribution in [0.5, 0.6) is 5.75 Å². The van der Waals surface area contributed by atoms with E-state index in [1.54, 1.807) is 12.1 Å². The Morgan fingerprint density at radius 2 is 1.95 bits per heavy atom. The highest BCUT2D eigenvalue weighted by Crippen LogP contribution is 2.48. The monoisotopic (exact) mass is 300 g/mol. The number of carbonyl (C=O) groups is 1. The molecule has 0 heterocycles. The number of hydrogen-bond acceptors (Lipinski definition) is 2. The quantitative estimate of drug-likeness (QED) is 0.814. The molecule has 0 aliphatic heterocycles. The lowest BCUT2D eigenvalue weighted by atomic mass is 10.1. The smallest absolute Gasteiger partial charge is 0.176 e. The number of benzene rings is 2. The predicted octanol–water partition coefficient (Wildman–Crippen LogP) is 4.48. The van der Waals surface area contributed by atoms with Crippen molar-refractivity contribution >= 4 is 17.4 Å². The standard InChI is InChI=1S/C18H17ClO2/c1-12(21-15-9-5-8-14(19)10-15)18(20)17-11-16(17)13-6-3-2-4-7-13/h2-10,12,16-17H,11H2,1H3. The van der Waals surface area contributed by atoms with Crippen LogP contribution < -0.4 is 4.74 Å². The van der Waals surface area contributed by atoms with Gasteiger partial charge in [0.15, 0.2) is 11.9 Å². The summed E-state index contributed by atoms with van der Waals surface area (Å²) in [6.45, 7) is 1.81. The van der Waals surface area contributed by atoms with E-state index in [2.05, 4.69) is 12.1 Å². The van der Waals surface area contributed by atoms with Crippen LogP contribution in [0.2, 0.25) is 5.02 Å². The van der Waals surface area contributed by atoms with E-state index in [1.807, 2.05) is 37.3 Å². The molecule has 1 aliphatic rings. The van der Waals surface area contributed by atoms with Gasteiger partial charge in [-0.05, 0) is 43.0 Å². The zero-order valence-electron chi connectivity index (χ0n) is 11.8. The van der Waals surface area contributed by atoms with E-state index in [0.717, 1.165) is 6.42 Å². The summed E-state index contributed by atoms with van der Waals surface area (Å²) in [5.74, 6) is 1.25. The van der Waals surface area contributed by atoms with Gasteiger partial charge in [-0.2, -0.15) is 0 Å². The lowest BCUT2D eigenvalue weighted by Crippen LogP contribution is -2.25. The molecule has 2 nitrogen and oxygen atoms in total. The minimum absolute atomic E-state index is 0.0848. The Bertz CT molecular complexity index is 639. The van der Waals surface area contributed by atoms with E-state index in [9.17, 15) is 4.79 Å². The summed E-state index contributed by atoms with van der Waals surface area (Å²) in [5.41, 5.74) is 1.24. The van der Waals surface area contributed by atoms with E-state index in [0.29, 0.717) is 16.7 Å². The Morgan fingerprint density at radius 3 is 2.67 bits per heavy atom. The maximum Gasteiger partial charge on any atom is 0.176 e. The summed E-state index contributed by atoms with van der Waals surface area (Å²) >= 11 is 5.92. The molecule has 3 atom stereocenters. The van der Waals surface area contributed by atoms with Crippen LogP contribution in [0.1, 0.15) is 24.8 Å². The fourth-order valence-electron chi connectivity index (χ4n) is 2.68. The molecule has 0 N–H and O–H groups in total. The van der Waals surface area contributed by atoms with Crippen LogP contribution in [0.4, 0.5) is 0 Å². The summed E-state index contributed by atoms with van der Waals surface area (Å²) in [5, 5.41) is 0.612. The zero-order chi connectivity index (χ0) is 14.8. The van der Waals surface area contributed by atoms with Crippen LogP contribution in [-0.2, 0) is 4.79 Å². The van der Waals surface area contributed by atoms with Crippen LogP contribution in [0, 0.1) is 5.92 Å². The van der Waals surface area contributed by atoms with Crippen molar-refractivity contribution in [1.29, 1.82) is 0 Å². The molecule has 21 heavy (non-hydrogen) atoms. The third-order valence-electron chi connectivity index (χ3n) is 3.89. The highest BCUT2D eigenvalue weighted by Gasteiger charge is 2.45. The second-order valence-electron chi connectivity index (χ2n) is 5.48. The van der Waals surface area contributed by atoms with E-state index >= 15 is 0 Å². The van der Waals surface area contributed by atoms with E-state index in [4.69, 9.17) is 16.3 Å². The highest BCUT2D eigenvalue weighted by atomic mass is 35.5. The zero-order valence-corrected chi connectivity index (χ0v) is 12.6. The number of carbonyl (C=O) groups excluding carboxylic acids is 1. The molecule has 0 radical (unpaired) electrons. The van der Waals surface area contributed by atoms with Gasteiger partial charge in [-0.15, -0.1) is 0 Å². The second kappa shape index (κ2) is 5.90. The minimum Gasteiger partial charge on any atom is -0.483 e. The Labute approximate surface area is 129 Å². The van der Waals surface area contributed by atoms with Crippen molar-refractivity contribution in [2.75, 3.05) is 0 Å². The van der Waals surface area contributed by atoms with Crippen molar-refractivity contribution in [1.82, 2.24) is 0 Å². The summed E-state index contributed by atoms with van der Waals surface area (Å²) < 4.78 is 5.71. The number of ether oxygens (including phenoxy) is 1. The predicted molar refractivity (Wildman–Crippen MR) is 83.8 cm³/mol. The molecule has 1 aliphatic carbocycles. The van der Waals surface area contributed by atoms with Crippen molar-refractivity contribution in [3.63, 3.8) is 0 Å². The summed E-state index contributed by atoms with van der Waals surface area (Å²) in [7, 11) is 0. The molecule has 0 bridgehead atoms. The van der Waals surface area contributed by atoms with Crippen molar-refractivity contribution in [2.24, 2.45) is 5.92 Å². The van der Waals surface area contributed by atoms with Crippen molar-refractivity contribution in [2.45, 2.75) is 25.4 Å². The molecule has 0 saturated heterocycles. The Balaban J connectivity index is 1.61. The third kappa shape index (κ3) is 3.27. The molecule has 3 heteroatoms. The Morgan fingerprint density at radius 1 is 1.19 bits per heavy atom. The van der Waals surface area contributed by atoms with Crippen molar-refractivity contribution < 1.29 is 9.53 Å². The number of halogens is 1. The van der Waals surface area contributed by atoms with Gasteiger partial charge in [-0.25, -0.2) is 0 Å². The maximum absolute atomic E-state index is 12.4. The Hall–Kier alpha value is -1.80. The molecule has 0 amide bonds. The second-order valence-corrected chi connectivity index (χ2v) is 5.92. The first-order valence-corrected chi connectivity index (χ1v) is 7.54. The molecule has 2 aromatic carbocycles. The van der Waals surface area contributed by atoms with Crippen LogP contribution >= 0.6 is 11.6 Å².